The first-order valence-electron chi connectivity index (χ1n) is 6.38. The van der Waals surface area contributed by atoms with E-state index in [0.717, 1.165) is 22.4 Å². The number of aromatic nitrogens is 1. The van der Waals surface area contributed by atoms with Crippen molar-refractivity contribution in [2.24, 2.45) is 0 Å². The topological polar surface area (TPSA) is 39.9 Å². The van der Waals surface area contributed by atoms with Gasteiger partial charge in [0.1, 0.15) is 5.82 Å². The number of anilines is 2. The first kappa shape index (κ1) is 12.2. The van der Waals surface area contributed by atoms with Crippen LogP contribution in [-0.4, -0.2) is 12.0 Å². The van der Waals surface area contributed by atoms with Gasteiger partial charge >= 0.3 is 0 Å². The summed E-state index contributed by atoms with van der Waals surface area (Å²) < 4.78 is 0. The summed E-state index contributed by atoms with van der Waals surface area (Å²) in [7, 11) is 1.95. The molecule has 0 aliphatic carbocycles. The smallest absolute Gasteiger partial charge is 0.134 e. The number of fused-ring (bicyclic) bond motifs is 1. The highest BCUT2D eigenvalue weighted by molar-refractivity contribution is 5.87. The summed E-state index contributed by atoms with van der Waals surface area (Å²) in [5.41, 5.74) is 2.52. The van der Waals surface area contributed by atoms with Crippen molar-refractivity contribution in [2.45, 2.75) is 0 Å². The zero-order valence-electron chi connectivity index (χ0n) is 11.1. The van der Waals surface area contributed by atoms with Crippen LogP contribution >= 0.6 is 0 Å². The van der Waals surface area contributed by atoms with Crippen molar-refractivity contribution in [3.63, 3.8) is 0 Å². The fourth-order valence-corrected chi connectivity index (χ4v) is 2.21. The minimum atomic E-state index is 0.647. The van der Waals surface area contributed by atoms with Crippen molar-refractivity contribution in [1.29, 1.82) is 5.26 Å². The third-order valence-electron chi connectivity index (χ3n) is 3.31. The number of benzene rings is 2. The minimum absolute atomic E-state index is 0.647. The Morgan fingerprint density at radius 1 is 1.00 bits per heavy atom. The van der Waals surface area contributed by atoms with Gasteiger partial charge in [-0.1, -0.05) is 36.4 Å². The number of nitrogens with zero attached hydrogens (tertiary/aromatic N) is 3. The molecule has 0 unspecified atom stereocenters. The van der Waals surface area contributed by atoms with Gasteiger partial charge in [-0.25, -0.2) is 4.98 Å². The van der Waals surface area contributed by atoms with Crippen molar-refractivity contribution >= 4 is 22.4 Å². The molecule has 96 valence electrons. The predicted molar refractivity (Wildman–Crippen MR) is 81.0 cm³/mol. The average Bonchev–Trinajstić information content (AvgIpc) is 2.54. The zero-order chi connectivity index (χ0) is 13.9. The Morgan fingerprint density at radius 3 is 2.45 bits per heavy atom. The van der Waals surface area contributed by atoms with Crippen LogP contribution in [-0.2, 0) is 0 Å². The van der Waals surface area contributed by atoms with E-state index in [1.54, 1.807) is 0 Å². The lowest BCUT2D eigenvalue weighted by Crippen LogP contribution is -2.11. The molecule has 0 saturated carbocycles. The molecular formula is C17H13N3. The average molecular weight is 259 g/mol. The molecule has 0 aliphatic rings. The maximum atomic E-state index is 9.32. The monoisotopic (exact) mass is 259 g/mol. The molecule has 0 radical (unpaired) electrons. The highest BCUT2D eigenvalue weighted by Crippen LogP contribution is 2.26. The van der Waals surface area contributed by atoms with Crippen LogP contribution < -0.4 is 4.90 Å². The number of hydrogen-bond acceptors (Lipinski definition) is 3. The molecule has 20 heavy (non-hydrogen) atoms. The van der Waals surface area contributed by atoms with Crippen LogP contribution in [0.1, 0.15) is 5.56 Å². The molecule has 0 spiro atoms. The summed E-state index contributed by atoms with van der Waals surface area (Å²) in [4.78, 5) is 6.61. The summed E-state index contributed by atoms with van der Waals surface area (Å²) in [5, 5.41) is 10.2. The van der Waals surface area contributed by atoms with Crippen molar-refractivity contribution in [2.75, 3.05) is 11.9 Å². The Balaban J connectivity index is 2.16. The van der Waals surface area contributed by atoms with Crippen molar-refractivity contribution in [3.05, 3.63) is 66.2 Å². The SMILES string of the molecule is CN(c1ccccc1)c1cc(C#N)c2ccccc2n1. The van der Waals surface area contributed by atoms with Crippen LogP contribution in [0, 0.1) is 11.3 Å². The van der Waals surface area contributed by atoms with Crippen LogP contribution in [0.25, 0.3) is 10.9 Å². The standard InChI is InChI=1S/C17H13N3/c1-20(14-7-3-2-4-8-14)17-11-13(12-18)15-9-5-6-10-16(15)19-17/h2-11H,1H3. The van der Waals surface area contributed by atoms with Crippen LogP contribution in [0.3, 0.4) is 0 Å². The molecule has 0 fully saturated rings. The Labute approximate surface area is 117 Å². The number of pyridine rings is 1. The van der Waals surface area contributed by atoms with Gasteiger partial charge in [0, 0.05) is 18.1 Å². The van der Waals surface area contributed by atoms with Crippen LogP contribution in [0.15, 0.2) is 60.7 Å². The van der Waals surface area contributed by atoms with Crippen LogP contribution in [0.4, 0.5) is 11.5 Å². The molecule has 0 amide bonds. The van der Waals surface area contributed by atoms with Crippen LogP contribution in [0.2, 0.25) is 0 Å². The largest absolute Gasteiger partial charge is 0.329 e. The fraction of sp³-hybridized carbons (Fsp3) is 0.0588. The van der Waals surface area contributed by atoms with E-state index in [4.69, 9.17) is 0 Å². The molecule has 3 nitrogen and oxygen atoms in total. The molecule has 3 heteroatoms. The third-order valence-corrected chi connectivity index (χ3v) is 3.31. The molecule has 0 N–H and O–H groups in total. The minimum Gasteiger partial charge on any atom is -0.329 e. The van der Waals surface area contributed by atoms with Gasteiger partial charge in [0.05, 0.1) is 17.1 Å². The lowest BCUT2D eigenvalue weighted by Gasteiger charge is -2.19. The summed E-state index contributed by atoms with van der Waals surface area (Å²) in [6.07, 6.45) is 0. The molecule has 3 aromatic rings. The van der Waals surface area contributed by atoms with Gasteiger partial charge < -0.3 is 4.90 Å². The second-order valence-corrected chi connectivity index (χ2v) is 4.55. The summed E-state index contributed by atoms with van der Waals surface area (Å²) in [6, 6.07) is 21.8. The van der Waals surface area contributed by atoms with Gasteiger partial charge in [0.15, 0.2) is 0 Å². The highest BCUT2D eigenvalue weighted by atomic mass is 15.2. The first-order valence-corrected chi connectivity index (χ1v) is 6.38. The molecule has 0 bridgehead atoms. The van der Waals surface area contributed by atoms with E-state index < -0.39 is 0 Å². The fourth-order valence-electron chi connectivity index (χ4n) is 2.21. The Bertz CT molecular complexity index is 788. The number of hydrogen-bond donors (Lipinski definition) is 0. The van der Waals surface area contributed by atoms with Gasteiger partial charge in [-0.2, -0.15) is 5.26 Å². The Kier molecular flexibility index (Phi) is 3.06. The normalized spacial score (nSPS) is 10.2. The number of para-hydroxylation sites is 2. The van der Waals surface area contributed by atoms with E-state index in [0.29, 0.717) is 5.56 Å². The number of rotatable bonds is 2. The highest BCUT2D eigenvalue weighted by Gasteiger charge is 2.09. The Hall–Kier alpha value is -2.86. The molecule has 3 rings (SSSR count). The van der Waals surface area contributed by atoms with Crippen molar-refractivity contribution < 1.29 is 0 Å². The molecule has 0 aliphatic heterocycles. The van der Waals surface area contributed by atoms with Gasteiger partial charge in [-0.15, -0.1) is 0 Å². The molecule has 0 saturated heterocycles. The van der Waals surface area contributed by atoms with Gasteiger partial charge in [-0.05, 0) is 24.3 Å². The summed E-state index contributed by atoms with van der Waals surface area (Å²) >= 11 is 0. The summed E-state index contributed by atoms with van der Waals surface area (Å²) in [6.45, 7) is 0. The van der Waals surface area contributed by atoms with Crippen molar-refractivity contribution in [3.8, 4) is 6.07 Å². The quantitative estimate of drug-likeness (QED) is 0.701. The Morgan fingerprint density at radius 2 is 1.70 bits per heavy atom. The summed E-state index contributed by atoms with van der Waals surface area (Å²) in [5.74, 6) is 0.770. The van der Waals surface area contributed by atoms with Crippen LogP contribution in [0.5, 0.6) is 0 Å². The van der Waals surface area contributed by atoms with E-state index in [-0.39, 0.29) is 0 Å². The van der Waals surface area contributed by atoms with Gasteiger partial charge in [0.25, 0.3) is 0 Å². The second kappa shape index (κ2) is 5.02. The lowest BCUT2D eigenvalue weighted by atomic mass is 10.1. The van der Waals surface area contributed by atoms with E-state index in [9.17, 15) is 5.26 Å². The van der Waals surface area contributed by atoms with E-state index >= 15 is 0 Å². The molecule has 1 aromatic heterocycles. The van der Waals surface area contributed by atoms with Crippen molar-refractivity contribution in [1.82, 2.24) is 4.98 Å². The van der Waals surface area contributed by atoms with E-state index in [1.807, 2.05) is 72.6 Å². The predicted octanol–water partition coefficient (Wildman–Crippen LogP) is 3.87. The molecule has 2 aromatic carbocycles. The third kappa shape index (κ3) is 2.08. The first-order chi connectivity index (χ1) is 9.79. The zero-order valence-corrected chi connectivity index (χ0v) is 11.1. The number of nitriles is 1. The second-order valence-electron chi connectivity index (χ2n) is 4.55. The maximum absolute atomic E-state index is 9.32. The maximum Gasteiger partial charge on any atom is 0.134 e. The molecule has 1 heterocycles. The van der Waals surface area contributed by atoms with E-state index in [1.165, 1.54) is 0 Å². The van der Waals surface area contributed by atoms with Gasteiger partial charge in [0.2, 0.25) is 0 Å². The van der Waals surface area contributed by atoms with E-state index in [2.05, 4.69) is 11.1 Å². The van der Waals surface area contributed by atoms with Gasteiger partial charge in [-0.3, -0.25) is 0 Å². The molecular weight excluding hydrogens is 246 g/mol. The molecule has 0 atom stereocenters. The lowest BCUT2D eigenvalue weighted by molar-refractivity contribution is 1.14.